The average molecular weight is 480 g/mol. The third-order valence-electron chi connectivity index (χ3n) is 6.59. The first-order chi connectivity index (χ1) is 16.7. The largest absolute Gasteiger partial charge is 0.507 e. The van der Waals surface area contributed by atoms with Gasteiger partial charge in [0.2, 0.25) is 0 Å². The third kappa shape index (κ3) is 6.00. The molecule has 0 bridgehead atoms. The monoisotopic (exact) mass is 479 g/mol. The molecule has 3 rings (SSSR count). The van der Waals surface area contributed by atoms with Crippen LogP contribution in [0.4, 0.5) is 5.69 Å². The predicted octanol–water partition coefficient (Wildman–Crippen LogP) is 4.31. The summed E-state index contributed by atoms with van der Waals surface area (Å²) in [7, 11) is 2.98. The maximum absolute atomic E-state index is 12.4. The van der Waals surface area contributed by atoms with Crippen LogP contribution in [0.5, 0.6) is 11.5 Å². The standard InChI is InChI=1S/C27H37N5O3/c1-17(2)21-14-22(23(33)15-24(21)35-5)25(28)32(26(29)27(34)30-4)20-8-6-19(7-9-20)16-31-12-10-18(3)11-13-31/h6-9,14-15,17-18,28-29,33H,10-13,16H2,1-5H3,(H,30,34). The molecule has 1 aliphatic heterocycles. The Morgan fingerprint density at radius 3 is 2.37 bits per heavy atom. The number of carbonyl (C=O) groups excluding carboxylic acids is 1. The van der Waals surface area contributed by atoms with Crippen molar-refractivity contribution in [3.8, 4) is 11.5 Å². The molecule has 1 saturated heterocycles. The van der Waals surface area contributed by atoms with Crippen LogP contribution in [-0.4, -0.2) is 54.8 Å². The van der Waals surface area contributed by atoms with Crippen LogP contribution in [0, 0.1) is 16.7 Å². The second-order valence-corrected chi connectivity index (χ2v) is 9.50. The van der Waals surface area contributed by atoms with Crippen molar-refractivity contribution in [2.24, 2.45) is 5.92 Å². The lowest BCUT2D eigenvalue weighted by molar-refractivity contribution is -0.114. The van der Waals surface area contributed by atoms with Gasteiger partial charge in [0, 0.05) is 25.3 Å². The van der Waals surface area contributed by atoms with E-state index in [1.807, 2.05) is 38.1 Å². The number of ether oxygens (including phenoxy) is 1. The first-order valence-electron chi connectivity index (χ1n) is 12.1. The Labute approximate surface area is 207 Å². The van der Waals surface area contributed by atoms with Crippen molar-refractivity contribution in [3.63, 3.8) is 0 Å². The average Bonchev–Trinajstić information content (AvgIpc) is 2.85. The number of hydrogen-bond donors (Lipinski definition) is 4. The van der Waals surface area contributed by atoms with Gasteiger partial charge in [0.25, 0.3) is 5.91 Å². The number of piperidine rings is 1. The number of rotatable bonds is 6. The molecule has 1 amide bonds. The highest BCUT2D eigenvalue weighted by molar-refractivity contribution is 6.48. The summed E-state index contributed by atoms with van der Waals surface area (Å²) in [6.07, 6.45) is 2.41. The number of methoxy groups -OCH3 is 1. The SMILES string of the molecule is CNC(=O)C(=N)N(C(=N)c1cc(C(C)C)c(OC)cc1O)c1ccc(CN2CCC(C)CC2)cc1. The van der Waals surface area contributed by atoms with E-state index in [-0.39, 0.29) is 23.1 Å². The second-order valence-electron chi connectivity index (χ2n) is 9.50. The minimum Gasteiger partial charge on any atom is -0.507 e. The zero-order valence-electron chi connectivity index (χ0n) is 21.3. The van der Waals surface area contributed by atoms with E-state index in [0.29, 0.717) is 11.4 Å². The number of benzene rings is 2. The van der Waals surface area contributed by atoms with Gasteiger partial charge in [-0.1, -0.05) is 32.9 Å². The molecule has 0 atom stereocenters. The van der Waals surface area contributed by atoms with Crippen molar-refractivity contribution in [1.82, 2.24) is 10.2 Å². The van der Waals surface area contributed by atoms with Crippen LogP contribution < -0.4 is 15.0 Å². The van der Waals surface area contributed by atoms with E-state index in [1.54, 1.807) is 6.07 Å². The van der Waals surface area contributed by atoms with Crippen molar-refractivity contribution in [2.75, 3.05) is 32.1 Å². The number of amides is 1. The number of likely N-dealkylation sites (N-methyl/N-ethyl adjacent to an activating group) is 1. The lowest BCUT2D eigenvalue weighted by atomic mass is 9.97. The van der Waals surface area contributed by atoms with Gasteiger partial charge in [0.15, 0.2) is 5.84 Å². The molecule has 0 radical (unpaired) electrons. The van der Waals surface area contributed by atoms with Gasteiger partial charge in [0.05, 0.1) is 12.7 Å². The highest BCUT2D eigenvalue weighted by Crippen LogP contribution is 2.34. The van der Waals surface area contributed by atoms with E-state index in [4.69, 9.17) is 15.6 Å². The van der Waals surface area contributed by atoms with Crippen LogP contribution in [0.1, 0.15) is 56.2 Å². The highest BCUT2D eigenvalue weighted by Gasteiger charge is 2.27. The van der Waals surface area contributed by atoms with Gasteiger partial charge < -0.3 is 15.2 Å². The van der Waals surface area contributed by atoms with Gasteiger partial charge >= 0.3 is 0 Å². The molecular weight excluding hydrogens is 442 g/mol. The van der Waals surface area contributed by atoms with Crippen LogP contribution in [-0.2, 0) is 11.3 Å². The number of phenolic OH excluding ortho intramolecular Hbond substituents is 1. The Morgan fingerprint density at radius 2 is 1.83 bits per heavy atom. The van der Waals surface area contributed by atoms with E-state index in [2.05, 4.69) is 17.1 Å². The normalized spacial score (nSPS) is 14.6. The Hall–Kier alpha value is -3.39. The van der Waals surface area contributed by atoms with Gasteiger partial charge in [-0.2, -0.15) is 0 Å². The van der Waals surface area contributed by atoms with E-state index >= 15 is 0 Å². The summed E-state index contributed by atoms with van der Waals surface area (Å²) in [5.74, 6) is 0.0317. The predicted molar refractivity (Wildman–Crippen MR) is 140 cm³/mol. The van der Waals surface area contributed by atoms with E-state index in [0.717, 1.165) is 36.7 Å². The number of hydrogen-bond acceptors (Lipinski definition) is 6. The zero-order valence-corrected chi connectivity index (χ0v) is 21.3. The lowest BCUT2D eigenvalue weighted by Gasteiger charge is -2.30. The molecule has 35 heavy (non-hydrogen) atoms. The summed E-state index contributed by atoms with van der Waals surface area (Å²) in [6, 6.07) is 10.7. The zero-order chi connectivity index (χ0) is 25.7. The molecule has 188 valence electrons. The first-order valence-corrected chi connectivity index (χ1v) is 12.1. The van der Waals surface area contributed by atoms with Crippen LogP contribution >= 0.6 is 0 Å². The number of likely N-dealkylation sites (tertiary alicyclic amines) is 1. The topological polar surface area (TPSA) is 113 Å². The van der Waals surface area contributed by atoms with Gasteiger partial charge in [-0.15, -0.1) is 0 Å². The number of amidine groups is 2. The summed E-state index contributed by atoms with van der Waals surface area (Å²) in [5, 5.41) is 30.6. The molecule has 1 heterocycles. The second kappa shape index (κ2) is 11.4. The van der Waals surface area contributed by atoms with Gasteiger partial charge in [-0.05, 0) is 67.1 Å². The molecule has 0 aliphatic carbocycles. The Balaban J connectivity index is 1.94. The fourth-order valence-electron chi connectivity index (χ4n) is 4.34. The van der Waals surface area contributed by atoms with Crippen molar-refractivity contribution in [2.45, 2.75) is 46.1 Å². The maximum atomic E-state index is 12.4. The molecule has 8 nitrogen and oxygen atoms in total. The highest BCUT2D eigenvalue weighted by atomic mass is 16.5. The fraction of sp³-hybridized carbons (Fsp3) is 0.444. The molecule has 0 spiro atoms. The molecule has 1 fully saturated rings. The smallest absolute Gasteiger partial charge is 0.286 e. The summed E-state index contributed by atoms with van der Waals surface area (Å²) in [6.45, 7) is 9.28. The van der Waals surface area contributed by atoms with Crippen molar-refractivity contribution in [1.29, 1.82) is 10.8 Å². The molecular formula is C27H37N5O3. The van der Waals surface area contributed by atoms with Crippen LogP contribution in [0.3, 0.4) is 0 Å². The summed E-state index contributed by atoms with van der Waals surface area (Å²) in [4.78, 5) is 16.1. The molecule has 0 saturated carbocycles. The first kappa shape index (κ1) is 26.2. The quantitative estimate of drug-likeness (QED) is 0.364. The molecule has 0 aromatic heterocycles. The fourth-order valence-corrected chi connectivity index (χ4v) is 4.34. The van der Waals surface area contributed by atoms with Crippen molar-refractivity contribution in [3.05, 3.63) is 53.1 Å². The van der Waals surface area contributed by atoms with Gasteiger partial charge in [-0.25, -0.2) is 0 Å². The number of nitrogens with one attached hydrogen (secondary N) is 3. The minimum atomic E-state index is -0.627. The van der Waals surface area contributed by atoms with Crippen molar-refractivity contribution < 1.29 is 14.6 Å². The third-order valence-corrected chi connectivity index (χ3v) is 6.59. The number of nitrogens with zero attached hydrogens (tertiary/aromatic N) is 2. The van der Waals surface area contributed by atoms with Crippen molar-refractivity contribution >= 4 is 23.3 Å². The Bertz CT molecular complexity index is 1070. The molecule has 0 unspecified atom stereocenters. The molecule has 2 aromatic rings. The lowest BCUT2D eigenvalue weighted by Crippen LogP contribution is -2.45. The molecule has 8 heteroatoms. The van der Waals surface area contributed by atoms with Crippen LogP contribution in [0.2, 0.25) is 0 Å². The van der Waals surface area contributed by atoms with E-state index < -0.39 is 11.7 Å². The van der Waals surface area contributed by atoms with Crippen LogP contribution in [0.25, 0.3) is 0 Å². The minimum absolute atomic E-state index is 0.0843. The van der Waals surface area contributed by atoms with E-state index in [9.17, 15) is 9.90 Å². The summed E-state index contributed by atoms with van der Waals surface area (Å²) < 4.78 is 5.40. The van der Waals surface area contributed by atoms with Gasteiger partial charge in [-0.3, -0.25) is 25.4 Å². The molecule has 2 aromatic carbocycles. The Morgan fingerprint density at radius 1 is 1.20 bits per heavy atom. The van der Waals surface area contributed by atoms with Crippen LogP contribution in [0.15, 0.2) is 36.4 Å². The number of phenols is 1. The summed E-state index contributed by atoms with van der Waals surface area (Å²) >= 11 is 0. The molecule has 1 aliphatic rings. The number of anilines is 1. The van der Waals surface area contributed by atoms with Gasteiger partial charge in [0.1, 0.15) is 17.3 Å². The number of carbonyl (C=O) groups is 1. The Kier molecular flexibility index (Phi) is 8.51. The van der Waals surface area contributed by atoms with E-state index in [1.165, 1.54) is 38.0 Å². The maximum Gasteiger partial charge on any atom is 0.286 e. The number of aromatic hydroxyl groups is 1. The summed E-state index contributed by atoms with van der Waals surface area (Å²) in [5.41, 5.74) is 2.67. The molecule has 4 N–H and O–H groups in total.